The zero-order chi connectivity index (χ0) is 9.33. The van der Waals surface area contributed by atoms with Gasteiger partial charge in [0.2, 0.25) is 0 Å². The molecule has 0 saturated heterocycles. The smallest absolute Gasteiger partial charge is 0.0654 e. The first-order valence-electron chi connectivity index (χ1n) is 3.67. The third kappa shape index (κ3) is 48.5. The lowest BCUT2D eigenvalue weighted by Gasteiger charge is -1.93. The second-order valence-corrected chi connectivity index (χ2v) is 13.3. The Kier molecular flexibility index (Phi) is 14.0. The van der Waals surface area contributed by atoms with Crippen molar-refractivity contribution in [2.75, 3.05) is 0 Å². The average molecular weight is 418 g/mol. The molecule has 0 heterocycles. The summed E-state index contributed by atoms with van der Waals surface area (Å²) in [6, 6.07) is 0. The molecule has 0 unspecified atom stereocenters. The first-order chi connectivity index (χ1) is 4.91. The van der Waals surface area contributed by atoms with Gasteiger partial charge in [-0.3, -0.25) is 0 Å². The van der Waals surface area contributed by atoms with Crippen molar-refractivity contribution < 1.29 is 0 Å². The van der Waals surface area contributed by atoms with Gasteiger partial charge in [-0.15, -0.1) is 0 Å². The highest BCUT2D eigenvalue weighted by Gasteiger charge is 2.08. The van der Waals surface area contributed by atoms with Crippen LogP contribution in [0.2, 0.25) is 0 Å². The van der Waals surface area contributed by atoms with Gasteiger partial charge in [0.15, 0.2) is 1.05 Å². The summed E-state index contributed by atoms with van der Waals surface area (Å²) in [5.41, 5.74) is 0. The summed E-state index contributed by atoms with van der Waals surface area (Å²) in [7, 11) is 0. The van der Waals surface area contributed by atoms with E-state index in [0.29, 0.717) is 0 Å². The molecule has 0 rings (SSSR count). The highest BCUT2D eigenvalue weighted by molar-refractivity contribution is 9.52. The molecule has 0 aromatic heterocycles. The molecule has 0 spiro atoms. The molecule has 0 saturated carbocycles. The highest BCUT2D eigenvalue weighted by Crippen LogP contribution is 2.39. The molecule has 0 N–H and O–H groups in total. The minimum atomic E-state index is -0.250. The van der Waals surface area contributed by atoms with Crippen molar-refractivity contribution in [2.24, 2.45) is 0 Å². The summed E-state index contributed by atoms with van der Waals surface area (Å²) in [5, 5.41) is 0. The maximum absolute atomic E-state index is 3.12. The fourth-order valence-corrected chi connectivity index (χ4v) is 0.500. The number of unbranched alkanes of at least 4 members (excludes halogenated alkanes) is 3. The quantitative estimate of drug-likeness (QED) is 0.404. The van der Waals surface area contributed by atoms with Crippen LogP contribution < -0.4 is 0 Å². The second kappa shape index (κ2) is 10.0. The Balaban J connectivity index is 0. The van der Waals surface area contributed by atoms with E-state index < -0.39 is 0 Å². The molecular formula is C7H14Br4. The Morgan fingerprint density at radius 3 is 1.09 bits per heavy atom. The molecular weight excluding hydrogens is 404 g/mol. The van der Waals surface area contributed by atoms with Crippen LogP contribution in [0, 0.1) is 0 Å². The third-order valence-electron chi connectivity index (χ3n) is 0.957. The first kappa shape index (κ1) is 15.4. The van der Waals surface area contributed by atoms with E-state index >= 15 is 0 Å². The number of halogens is 4. The molecule has 0 aromatic rings. The van der Waals surface area contributed by atoms with Gasteiger partial charge in [-0.2, -0.15) is 0 Å². The van der Waals surface area contributed by atoms with E-state index in [9.17, 15) is 0 Å². The summed E-state index contributed by atoms with van der Waals surface area (Å²) in [6.07, 6.45) is 5.54. The standard InChI is InChI=1S/C6H14.CBr4/c1-3-5-6-4-2;2-1(3,4)5/h3-6H2,1-2H3;. The lowest BCUT2D eigenvalue weighted by Crippen LogP contribution is -1.75. The van der Waals surface area contributed by atoms with Crippen LogP contribution in [-0.4, -0.2) is 1.05 Å². The van der Waals surface area contributed by atoms with Crippen molar-refractivity contribution >= 4 is 63.7 Å². The van der Waals surface area contributed by atoms with Gasteiger partial charge in [0.05, 0.1) is 0 Å². The summed E-state index contributed by atoms with van der Waals surface area (Å²) >= 11 is 12.5. The zero-order valence-electron chi connectivity index (χ0n) is 6.84. The highest BCUT2D eigenvalue weighted by atomic mass is 80.0. The van der Waals surface area contributed by atoms with Gasteiger partial charge >= 0.3 is 0 Å². The van der Waals surface area contributed by atoms with E-state index in [4.69, 9.17) is 0 Å². The summed E-state index contributed by atoms with van der Waals surface area (Å²) in [4.78, 5) is 0. The van der Waals surface area contributed by atoms with E-state index in [-0.39, 0.29) is 1.05 Å². The van der Waals surface area contributed by atoms with Gasteiger partial charge in [-0.1, -0.05) is 39.5 Å². The third-order valence-corrected chi connectivity index (χ3v) is 0.957. The predicted octanol–water partition coefficient (Wildman–Crippen LogP) is 5.76. The van der Waals surface area contributed by atoms with Gasteiger partial charge in [-0.25, -0.2) is 0 Å². The van der Waals surface area contributed by atoms with Crippen LogP contribution >= 0.6 is 63.7 Å². The van der Waals surface area contributed by atoms with E-state index in [1.807, 2.05) is 0 Å². The van der Waals surface area contributed by atoms with Crippen molar-refractivity contribution in [1.82, 2.24) is 0 Å². The van der Waals surface area contributed by atoms with Crippen molar-refractivity contribution in [1.29, 1.82) is 0 Å². The van der Waals surface area contributed by atoms with Crippen molar-refractivity contribution in [3.8, 4) is 0 Å². The molecule has 0 nitrogen and oxygen atoms in total. The fraction of sp³-hybridized carbons (Fsp3) is 1.00. The Morgan fingerprint density at radius 2 is 1.00 bits per heavy atom. The minimum Gasteiger partial charge on any atom is -0.0654 e. The molecule has 0 aromatic carbocycles. The molecule has 0 aliphatic carbocycles. The first-order valence-corrected chi connectivity index (χ1v) is 6.84. The Hall–Kier alpha value is 1.92. The molecule has 0 atom stereocenters. The van der Waals surface area contributed by atoms with E-state index in [0.717, 1.165) is 0 Å². The topological polar surface area (TPSA) is 0 Å². The summed E-state index contributed by atoms with van der Waals surface area (Å²) < 4.78 is -0.250. The minimum absolute atomic E-state index is 0.250. The lowest BCUT2D eigenvalue weighted by molar-refractivity contribution is 0.702. The van der Waals surface area contributed by atoms with Crippen LogP contribution in [-0.2, 0) is 0 Å². The molecule has 0 aliphatic heterocycles. The number of rotatable bonds is 3. The van der Waals surface area contributed by atoms with Crippen molar-refractivity contribution in [2.45, 2.75) is 40.6 Å². The zero-order valence-corrected chi connectivity index (χ0v) is 13.2. The molecule has 0 bridgehead atoms. The van der Waals surface area contributed by atoms with Crippen LogP contribution in [0.1, 0.15) is 39.5 Å². The number of hydrogen-bond acceptors (Lipinski definition) is 0. The average Bonchev–Trinajstić information content (AvgIpc) is 1.79. The van der Waals surface area contributed by atoms with Crippen LogP contribution in [0.4, 0.5) is 0 Å². The normalized spacial score (nSPS) is 10.4. The van der Waals surface area contributed by atoms with E-state index in [1.54, 1.807) is 0 Å². The second-order valence-electron chi connectivity index (χ2n) is 2.14. The van der Waals surface area contributed by atoms with Gasteiger partial charge in [-0.05, 0) is 63.7 Å². The van der Waals surface area contributed by atoms with Gasteiger partial charge in [0.25, 0.3) is 0 Å². The predicted molar refractivity (Wildman–Crippen MR) is 68.3 cm³/mol. The van der Waals surface area contributed by atoms with Crippen molar-refractivity contribution in [3.05, 3.63) is 0 Å². The maximum atomic E-state index is 3.12. The Labute approximate surface area is 103 Å². The monoisotopic (exact) mass is 414 g/mol. The molecule has 70 valence electrons. The molecule has 11 heavy (non-hydrogen) atoms. The van der Waals surface area contributed by atoms with Crippen LogP contribution in [0.15, 0.2) is 0 Å². The summed E-state index contributed by atoms with van der Waals surface area (Å²) in [6.45, 7) is 4.46. The number of hydrogen-bond donors (Lipinski definition) is 0. The lowest BCUT2D eigenvalue weighted by atomic mass is 10.2. The molecule has 0 amide bonds. The molecule has 0 fully saturated rings. The fourth-order valence-electron chi connectivity index (χ4n) is 0.500. The van der Waals surface area contributed by atoms with E-state index in [1.165, 1.54) is 25.7 Å². The summed E-state index contributed by atoms with van der Waals surface area (Å²) in [5.74, 6) is 0. The van der Waals surface area contributed by atoms with Crippen LogP contribution in [0.3, 0.4) is 0 Å². The van der Waals surface area contributed by atoms with Gasteiger partial charge < -0.3 is 0 Å². The van der Waals surface area contributed by atoms with E-state index in [2.05, 4.69) is 77.6 Å². The van der Waals surface area contributed by atoms with Crippen molar-refractivity contribution in [3.63, 3.8) is 0 Å². The maximum Gasteiger partial charge on any atom is 0.189 e. The molecule has 0 aliphatic rings. The Bertz CT molecular complexity index is 57.3. The Morgan fingerprint density at radius 1 is 0.818 bits per heavy atom. The van der Waals surface area contributed by atoms with Gasteiger partial charge in [0.1, 0.15) is 0 Å². The van der Waals surface area contributed by atoms with Crippen LogP contribution in [0.25, 0.3) is 0 Å². The molecule has 4 heteroatoms. The van der Waals surface area contributed by atoms with Crippen LogP contribution in [0.5, 0.6) is 0 Å². The largest absolute Gasteiger partial charge is 0.189 e. The van der Waals surface area contributed by atoms with Gasteiger partial charge in [0, 0.05) is 0 Å². The number of alkyl halides is 4. The molecule has 0 radical (unpaired) electrons. The SMILES string of the molecule is BrC(Br)(Br)Br.CCCCCC.